The lowest BCUT2D eigenvalue weighted by Gasteiger charge is -2.28. The highest BCUT2D eigenvalue weighted by atomic mass is 35.5. The predicted molar refractivity (Wildman–Crippen MR) is 155 cm³/mol. The molecular formula is C30H26Cl2N2O5S. The molecule has 0 saturated carbocycles. The van der Waals surface area contributed by atoms with Gasteiger partial charge in [0.05, 0.1) is 33.8 Å². The highest BCUT2D eigenvalue weighted by molar-refractivity contribution is 7.92. The maximum Gasteiger partial charge on any atom is 0.419 e. The molecule has 0 N–H and O–H groups in total. The van der Waals surface area contributed by atoms with E-state index in [1.165, 1.54) is 8.87 Å². The van der Waals surface area contributed by atoms with Crippen LogP contribution in [-0.2, 0) is 20.2 Å². The summed E-state index contributed by atoms with van der Waals surface area (Å²) in [5.41, 5.74) is 1.06. The monoisotopic (exact) mass is 596 g/mol. The molecule has 1 aliphatic heterocycles. The summed E-state index contributed by atoms with van der Waals surface area (Å²) in [5.74, 6) is -0.218. The third-order valence-corrected chi connectivity index (χ3v) is 9.71. The lowest BCUT2D eigenvalue weighted by atomic mass is 9.79. The number of aromatic nitrogens is 1. The number of ketones is 1. The van der Waals surface area contributed by atoms with Gasteiger partial charge in [-0.15, -0.1) is 0 Å². The van der Waals surface area contributed by atoms with Crippen LogP contribution in [0.15, 0.2) is 65.6 Å². The van der Waals surface area contributed by atoms with Gasteiger partial charge in [0.25, 0.3) is 10.0 Å². The number of hydrogen-bond donors (Lipinski definition) is 0. The van der Waals surface area contributed by atoms with Crippen LogP contribution in [0.4, 0.5) is 10.5 Å². The molecule has 1 spiro atoms. The molecule has 2 aliphatic rings. The van der Waals surface area contributed by atoms with Gasteiger partial charge >= 0.3 is 6.09 Å². The van der Waals surface area contributed by atoms with Gasteiger partial charge in [0.2, 0.25) is 0 Å². The Hall–Kier alpha value is -3.33. The molecule has 0 saturated heterocycles. The lowest BCUT2D eigenvalue weighted by Crippen LogP contribution is -2.39. The van der Waals surface area contributed by atoms with E-state index in [-0.39, 0.29) is 23.6 Å². The van der Waals surface area contributed by atoms with Crippen molar-refractivity contribution >= 4 is 61.7 Å². The maximum absolute atomic E-state index is 14.0. The third-order valence-electron chi connectivity index (χ3n) is 7.47. The molecule has 1 atom stereocenters. The number of ether oxygens (including phenoxy) is 1. The van der Waals surface area contributed by atoms with Gasteiger partial charge in [0.1, 0.15) is 5.60 Å². The molecule has 0 bridgehead atoms. The van der Waals surface area contributed by atoms with Crippen molar-refractivity contribution in [2.75, 3.05) is 10.8 Å². The molecule has 0 unspecified atom stereocenters. The Bertz CT molecular complexity index is 1860. The quantitative estimate of drug-likeness (QED) is 0.246. The minimum atomic E-state index is -4.03. The van der Waals surface area contributed by atoms with Crippen molar-refractivity contribution in [2.45, 2.75) is 50.0 Å². The number of carbonyl (C=O) groups excluding carboxylic acids is 2. The van der Waals surface area contributed by atoms with Gasteiger partial charge < -0.3 is 4.74 Å². The zero-order valence-electron chi connectivity index (χ0n) is 22.3. The molecule has 1 aromatic heterocycles. The first-order valence-electron chi connectivity index (χ1n) is 12.7. The molecule has 40 heavy (non-hydrogen) atoms. The first-order chi connectivity index (χ1) is 18.7. The summed E-state index contributed by atoms with van der Waals surface area (Å²) in [6.45, 7) is 7.07. The average molecular weight is 598 g/mol. The number of sulfonamides is 1. The summed E-state index contributed by atoms with van der Waals surface area (Å²) in [4.78, 5) is 27.7. The van der Waals surface area contributed by atoms with Crippen molar-refractivity contribution < 1.29 is 22.7 Å². The number of aryl methyl sites for hydroxylation is 1. The largest absolute Gasteiger partial charge is 0.443 e. The fourth-order valence-electron chi connectivity index (χ4n) is 5.87. The summed E-state index contributed by atoms with van der Waals surface area (Å²) in [7, 11) is -4.03. The van der Waals surface area contributed by atoms with Gasteiger partial charge in [-0.1, -0.05) is 40.9 Å². The van der Waals surface area contributed by atoms with E-state index in [0.717, 1.165) is 5.56 Å². The molecule has 7 nitrogen and oxygen atoms in total. The van der Waals surface area contributed by atoms with Crippen LogP contribution in [0.2, 0.25) is 10.0 Å². The van der Waals surface area contributed by atoms with Crippen molar-refractivity contribution in [1.82, 2.24) is 4.57 Å². The standard InChI is InChI=1S/C30H26Cl2N2O5S/c1-17-5-9-20(10-6-17)40(37,38)33-16-30(22-14-19(32)8-12-24(22)33)15-25(35)26-21-13-18(31)7-11-23(21)34(27(26)30)28(36)39-29(2,3)4/h5-14H,15-16H2,1-4H3/t30-/m1/s1. The van der Waals surface area contributed by atoms with Crippen LogP contribution in [0, 0.1) is 6.92 Å². The van der Waals surface area contributed by atoms with E-state index in [1.807, 2.05) is 6.92 Å². The highest BCUT2D eigenvalue weighted by Crippen LogP contribution is 2.56. The van der Waals surface area contributed by atoms with Crippen molar-refractivity contribution in [2.24, 2.45) is 0 Å². The van der Waals surface area contributed by atoms with Crippen LogP contribution >= 0.6 is 23.2 Å². The smallest absolute Gasteiger partial charge is 0.419 e. The van der Waals surface area contributed by atoms with E-state index in [9.17, 15) is 18.0 Å². The number of fused-ring (bicyclic) bond motifs is 6. The van der Waals surface area contributed by atoms with Crippen LogP contribution < -0.4 is 4.31 Å². The van der Waals surface area contributed by atoms with Gasteiger partial charge in [-0.2, -0.15) is 0 Å². The van der Waals surface area contributed by atoms with Crippen LogP contribution in [0.25, 0.3) is 10.9 Å². The number of halogens is 2. The molecule has 0 radical (unpaired) electrons. The lowest BCUT2D eigenvalue weighted by molar-refractivity contribution is 0.0536. The summed E-state index contributed by atoms with van der Waals surface area (Å²) in [6, 6.07) is 16.5. The number of rotatable bonds is 2. The number of Topliss-reactive ketones (excluding diaryl/α,β-unsaturated/α-hetero) is 1. The van der Waals surface area contributed by atoms with Crippen molar-refractivity contribution in [3.05, 3.63) is 93.1 Å². The van der Waals surface area contributed by atoms with Crippen LogP contribution in [0.3, 0.4) is 0 Å². The van der Waals surface area contributed by atoms with Crippen molar-refractivity contribution in [3.8, 4) is 0 Å². The molecule has 1 aliphatic carbocycles. The second kappa shape index (κ2) is 8.83. The van der Waals surface area contributed by atoms with Crippen LogP contribution in [0.5, 0.6) is 0 Å². The van der Waals surface area contributed by atoms with E-state index < -0.39 is 27.1 Å². The second-order valence-electron chi connectivity index (χ2n) is 11.4. The minimum Gasteiger partial charge on any atom is -0.443 e. The third kappa shape index (κ3) is 3.96. The Balaban J connectivity index is 1.65. The normalized spacial score (nSPS) is 18.4. The molecule has 206 valence electrons. The molecular weight excluding hydrogens is 571 g/mol. The maximum atomic E-state index is 14.0. The molecule has 6 rings (SSSR count). The second-order valence-corrected chi connectivity index (χ2v) is 14.1. The zero-order chi connectivity index (χ0) is 28.8. The Kier molecular flexibility index (Phi) is 5.93. The Morgan fingerprint density at radius 1 is 0.975 bits per heavy atom. The van der Waals surface area contributed by atoms with E-state index in [4.69, 9.17) is 27.9 Å². The predicted octanol–water partition coefficient (Wildman–Crippen LogP) is 7.12. The van der Waals surface area contributed by atoms with Gasteiger partial charge in [-0.3, -0.25) is 9.10 Å². The van der Waals surface area contributed by atoms with Crippen molar-refractivity contribution in [1.29, 1.82) is 0 Å². The molecule has 10 heteroatoms. The number of anilines is 1. The van der Waals surface area contributed by atoms with Crippen molar-refractivity contribution in [3.63, 3.8) is 0 Å². The summed E-state index contributed by atoms with van der Waals surface area (Å²) in [6.07, 6.45) is -0.713. The molecule has 4 aromatic rings. The fraction of sp³-hybridized carbons (Fsp3) is 0.267. The summed E-state index contributed by atoms with van der Waals surface area (Å²) in [5, 5.41) is 1.30. The molecule has 3 aromatic carbocycles. The summed E-state index contributed by atoms with van der Waals surface area (Å²) >= 11 is 12.8. The molecule has 2 heterocycles. The van der Waals surface area contributed by atoms with E-state index >= 15 is 0 Å². The van der Waals surface area contributed by atoms with Gasteiger partial charge in [0, 0.05) is 27.4 Å². The minimum absolute atomic E-state index is 0.0455. The molecule has 0 amide bonds. The van der Waals surface area contributed by atoms with E-state index in [1.54, 1.807) is 81.4 Å². The van der Waals surface area contributed by atoms with Crippen LogP contribution in [-0.4, -0.2) is 37.0 Å². The fourth-order valence-corrected chi connectivity index (χ4v) is 7.76. The number of benzene rings is 3. The van der Waals surface area contributed by atoms with Gasteiger partial charge in [0.15, 0.2) is 5.78 Å². The summed E-state index contributed by atoms with van der Waals surface area (Å²) < 4.78 is 36.6. The topological polar surface area (TPSA) is 85.7 Å². The van der Waals surface area contributed by atoms with E-state index in [2.05, 4.69) is 0 Å². The Morgan fingerprint density at radius 3 is 2.30 bits per heavy atom. The Morgan fingerprint density at radius 2 is 1.62 bits per heavy atom. The Labute approximate surface area is 242 Å². The number of carbonyl (C=O) groups is 2. The first kappa shape index (κ1) is 26.9. The number of nitrogens with zero attached hydrogens (tertiary/aromatic N) is 2. The highest BCUT2D eigenvalue weighted by Gasteiger charge is 2.57. The zero-order valence-corrected chi connectivity index (χ0v) is 24.6. The first-order valence-corrected chi connectivity index (χ1v) is 14.9. The number of hydrogen-bond acceptors (Lipinski definition) is 5. The molecule has 0 fully saturated rings. The average Bonchev–Trinajstić information content (AvgIpc) is 3.47. The van der Waals surface area contributed by atoms with Gasteiger partial charge in [-0.25, -0.2) is 17.8 Å². The SMILES string of the molecule is Cc1ccc(S(=O)(=O)N2C[C@]3(CC(=O)c4c3n(C(=O)OC(C)(C)C)c3ccc(Cl)cc43)c3cc(Cl)ccc32)cc1. The van der Waals surface area contributed by atoms with Gasteiger partial charge in [-0.05, 0) is 81.8 Å². The van der Waals surface area contributed by atoms with E-state index in [0.29, 0.717) is 43.5 Å². The van der Waals surface area contributed by atoms with Crippen LogP contribution in [0.1, 0.15) is 54.4 Å².